The Kier molecular flexibility index (Phi) is 5.55. The van der Waals surface area contributed by atoms with Crippen molar-refractivity contribution in [1.82, 2.24) is 15.3 Å². The smallest absolute Gasteiger partial charge is 0.356 e. The Hall–Kier alpha value is -2.46. The van der Waals surface area contributed by atoms with Crippen molar-refractivity contribution in [2.24, 2.45) is 0 Å². The average molecular weight is 439 g/mol. The van der Waals surface area contributed by atoms with Gasteiger partial charge in [0.05, 0.1) is 16.6 Å². The number of anilines is 1. The molecule has 1 N–H and O–H groups in total. The molecule has 1 aliphatic heterocycles. The van der Waals surface area contributed by atoms with Crippen molar-refractivity contribution in [3.8, 4) is 9.88 Å². The minimum atomic E-state index is -4.39. The molecular formula is C19H17F3N4OS2. The Labute approximate surface area is 173 Å². The molecule has 0 aromatic carbocycles. The second-order valence-electron chi connectivity index (χ2n) is 6.64. The highest BCUT2D eigenvalue weighted by atomic mass is 32.1. The van der Waals surface area contributed by atoms with Crippen LogP contribution in [-0.4, -0.2) is 35.0 Å². The van der Waals surface area contributed by atoms with Gasteiger partial charge in [-0.05, 0) is 36.4 Å². The number of piperidine rings is 1. The molecule has 1 fully saturated rings. The Morgan fingerprint density at radius 3 is 2.55 bits per heavy atom. The van der Waals surface area contributed by atoms with Crippen molar-refractivity contribution in [3.05, 3.63) is 52.5 Å². The molecule has 29 heavy (non-hydrogen) atoms. The third kappa shape index (κ3) is 4.59. The van der Waals surface area contributed by atoms with E-state index >= 15 is 0 Å². The summed E-state index contributed by atoms with van der Waals surface area (Å²) in [5.74, 6) is 0.377. The molecule has 10 heteroatoms. The van der Waals surface area contributed by atoms with Crippen LogP contribution in [0, 0.1) is 0 Å². The number of nitrogens with one attached hydrogen (secondary N) is 1. The van der Waals surface area contributed by atoms with Gasteiger partial charge < -0.3 is 10.2 Å². The van der Waals surface area contributed by atoms with E-state index < -0.39 is 11.7 Å². The first-order valence-corrected chi connectivity index (χ1v) is 10.7. The highest BCUT2D eigenvalue weighted by Crippen LogP contribution is 2.30. The van der Waals surface area contributed by atoms with Crippen molar-refractivity contribution in [2.45, 2.75) is 25.1 Å². The number of amides is 1. The third-order valence-electron chi connectivity index (χ3n) is 4.69. The van der Waals surface area contributed by atoms with Gasteiger partial charge in [-0.2, -0.15) is 13.2 Å². The maximum Gasteiger partial charge on any atom is 0.417 e. The number of alkyl halides is 3. The van der Waals surface area contributed by atoms with Crippen LogP contribution in [0.1, 0.15) is 28.1 Å². The monoisotopic (exact) mass is 438 g/mol. The molecule has 4 heterocycles. The molecule has 3 aromatic heterocycles. The topological polar surface area (TPSA) is 58.1 Å². The Morgan fingerprint density at radius 1 is 1.14 bits per heavy atom. The summed E-state index contributed by atoms with van der Waals surface area (Å²) in [6.45, 7) is 1.24. The van der Waals surface area contributed by atoms with Crippen LogP contribution in [0.25, 0.3) is 9.88 Å². The van der Waals surface area contributed by atoms with Gasteiger partial charge in [0, 0.05) is 25.3 Å². The number of pyridine rings is 1. The number of nitrogens with zero attached hydrogens (tertiary/aromatic N) is 3. The molecule has 0 bridgehead atoms. The lowest BCUT2D eigenvalue weighted by molar-refractivity contribution is -0.137. The molecule has 1 amide bonds. The highest BCUT2D eigenvalue weighted by molar-refractivity contribution is 7.21. The van der Waals surface area contributed by atoms with Gasteiger partial charge in [-0.1, -0.05) is 6.07 Å². The van der Waals surface area contributed by atoms with E-state index in [0.29, 0.717) is 36.6 Å². The fourth-order valence-corrected chi connectivity index (χ4v) is 4.77. The summed E-state index contributed by atoms with van der Waals surface area (Å²) < 4.78 is 38.0. The zero-order valence-corrected chi connectivity index (χ0v) is 16.8. The molecule has 0 spiro atoms. The first-order chi connectivity index (χ1) is 13.9. The molecule has 3 aromatic rings. The number of halogens is 3. The maximum absolute atomic E-state index is 12.7. The minimum Gasteiger partial charge on any atom is -0.356 e. The van der Waals surface area contributed by atoms with Crippen molar-refractivity contribution in [1.29, 1.82) is 0 Å². The SMILES string of the molecule is O=C(NC1CCN(c2ccc(C(F)(F)F)cn2)CC1)c1cnc(-c2cccs2)s1. The Morgan fingerprint density at radius 2 is 1.93 bits per heavy atom. The Bertz CT molecular complexity index is 962. The van der Waals surface area contributed by atoms with Gasteiger partial charge in [0.15, 0.2) is 0 Å². The number of thiazole rings is 1. The molecule has 1 saturated heterocycles. The van der Waals surface area contributed by atoms with E-state index in [9.17, 15) is 18.0 Å². The van der Waals surface area contributed by atoms with Crippen LogP contribution in [0.4, 0.5) is 19.0 Å². The molecule has 0 radical (unpaired) electrons. The van der Waals surface area contributed by atoms with E-state index in [-0.39, 0.29) is 11.9 Å². The lowest BCUT2D eigenvalue weighted by Crippen LogP contribution is -2.44. The largest absolute Gasteiger partial charge is 0.417 e. The van der Waals surface area contributed by atoms with E-state index in [1.807, 2.05) is 22.4 Å². The highest BCUT2D eigenvalue weighted by Gasteiger charge is 2.31. The third-order valence-corrected chi connectivity index (χ3v) is 6.73. The van der Waals surface area contributed by atoms with Crippen LogP contribution in [0.15, 0.2) is 42.0 Å². The molecule has 0 aliphatic carbocycles. The number of carbonyl (C=O) groups is 1. The minimum absolute atomic E-state index is 0.0143. The van der Waals surface area contributed by atoms with Crippen LogP contribution in [0.2, 0.25) is 0 Å². The van der Waals surface area contributed by atoms with Crippen LogP contribution in [-0.2, 0) is 6.18 Å². The van der Waals surface area contributed by atoms with E-state index in [0.717, 1.165) is 22.1 Å². The first kappa shape index (κ1) is 19.8. The number of thiophene rings is 1. The zero-order chi connectivity index (χ0) is 20.4. The molecule has 152 valence electrons. The van der Waals surface area contributed by atoms with Gasteiger partial charge in [-0.25, -0.2) is 9.97 Å². The van der Waals surface area contributed by atoms with Gasteiger partial charge in [-0.15, -0.1) is 22.7 Å². The van der Waals surface area contributed by atoms with E-state index in [1.54, 1.807) is 17.5 Å². The van der Waals surface area contributed by atoms with Crippen molar-refractivity contribution >= 4 is 34.4 Å². The Balaban J connectivity index is 1.31. The van der Waals surface area contributed by atoms with Crippen LogP contribution in [0.3, 0.4) is 0 Å². The van der Waals surface area contributed by atoms with Gasteiger partial charge in [-0.3, -0.25) is 4.79 Å². The maximum atomic E-state index is 12.7. The fourth-order valence-electron chi connectivity index (χ4n) is 3.14. The number of hydrogen-bond donors (Lipinski definition) is 1. The van der Waals surface area contributed by atoms with Gasteiger partial charge in [0.1, 0.15) is 15.7 Å². The average Bonchev–Trinajstić information content (AvgIpc) is 3.40. The number of hydrogen-bond acceptors (Lipinski definition) is 6. The van der Waals surface area contributed by atoms with Crippen molar-refractivity contribution in [2.75, 3.05) is 18.0 Å². The molecule has 5 nitrogen and oxygen atoms in total. The van der Waals surface area contributed by atoms with Crippen molar-refractivity contribution in [3.63, 3.8) is 0 Å². The summed E-state index contributed by atoms with van der Waals surface area (Å²) in [4.78, 5) is 24.3. The molecule has 0 saturated carbocycles. The van der Waals surface area contributed by atoms with E-state index in [4.69, 9.17) is 0 Å². The van der Waals surface area contributed by atoms with Gasteiger partial charge in [0.2, 0.25) is 0 Å². The summed E-state index contributed by atoms with van der Waals surface area (Å²) in [5.41, 5.74) is -0.755. The summed E-state index contributed by atoms with van der Waals surface area (Å²) in [5, 5.41) is 5.83. The van der Waals surface area contributed by atoms with Gasteiger partial charge in [0.25, 0.3) is 5.91 Å². The predicted molar refractivity (Wildman–Crippen MR) is 107 cm³/mol. The van der Waals surface area contributed by atoms with Crippen LogP contribution < -0.4 is 10.2 Å². The summed E-state index contributed by atoms with van der Waals surface area (Å²) in [6.07, 6.45) is -0.534. The predicted octanol–water partition coefficient (Wildman–Crippen LogP) is 4.68. The van der Waals surface area contributed by atoms with Crippen LogP contribution in [0.5, 0.6) is 0 Å². The summed E-state index contributed by atoms with van der Waals surface area (Å²) in [7, 11) is 0. The summed E-state index contributed by atoms with van der Waals surface area (Å²) in [6, 6.07) is 6.37. The normalized spacial score (nSPS) is 15.5. The molecule has 1 aliphatic rings. The second kappa shape index (κ2) is 8.11. The second-order valence-corrected chi connectivity index (χ2v) is 8.62. The zero-order valence-electron chi connectivity index (χ0n) is 15.1. The quantitative estimate of drug-likeness (QED) is 0.642. The lowest BCUT2D eigenvalue weighted by Gasteiger charge is -2.33. The van der Waals surface area contributed by atoms with Gasteiger partial charge >= 0.3 is 6.18 Å². The fraction of sp³-hybridized carbons (Fsp3) is 0.316. The molecule has 0 unspecified atom stereocenters. The standard InChI is InChI=1S/C19H17F3N4OS2/c20-19(21,22)12-3-4-16(23-10-12)26-7-5-13(6-8-26)25-17(27)15-11-24-18(29-15)14-2-1-9-28-14/h1-4,9-11,13H,5-8H2,(H,25,27). The van der Waals surface area contributed by atoms with Crippen molar-refractivity contribution < 1.29 is 18.0 Å². The lowest BCUT2D eigenvalue weighted by atomic mass is 10.0. The van der Waals surface area contributed by atoms with E-state index in [2.05, 4.69) is 15.3 Å². The number of aromatic nitrogens is 2. The molecule has 0 atom stereocenters. The van der Waals surface area contributed by atoms with Crippen LogP contribution >= 0.6 is 22.7 Å². The molecule has 4 rings (SSSR count). The van der Waals surface area contributed by atoms with E-state index in [1.165, 1.54) is 17.4 Å². The molecular weight excluding hydrogens is 421 g/mol. The number of rotatable bonds is 4. The summed E-state index contributed by atoms with van der Waals surface area (Å²) >= 11 is 2.94. The number of carbonyl (C=O) groups excluding carboxylic acids is 1. The first-order valence-electron chi connectivity index (χ1n) is 8.99.